The molecule has 2 aromatic carbocycles. The summed E-state index contributed by atoms with van der Waals surface area (Å²) in [6.45, 7) is 2.49. The molecule has 0 bridgehead atoms. The zero-order valence-corrected chi connectivity index (χ0v) is 13.1. The largest absolute Gasteiger partial charge is 0.493 e. The van der Waals surface area contributed by atoms with Crippen LogP contribution in [0.25, 0.3) is 0 Å². The van der Waals surface area contributed by atoms with Crippen LogP contribution in [-0.2, 0) is 0 Å². The van der Waals surface area contributed by atoms with E-state index in [-0.39, 0.29) is 5.91 Å². The van der Waals surface area contributed by atoms with E-state index in [0.29, 0.717) is 12.2 Å². The monoisotopic (exact) mass is 346 g/mol. The van der Waals surface area contributed by atoms with Crippen LogP contribution < -0.4 is 10.2 Å². The fraction of sp³-hybridized carbons (Fsp3) is 0.125. The van der Waals surface area contributed by atoms with Crippen molar-refractivity contribution < 1.29 is 9.53 Å². The first kappa shape index (κ1) is 15.3. The van der Waals surface area contributed by atoms with Crippen LogP contribution in [0.2, 0.25) is 0 Å². The van der Waals surface area contributed by atoms with E-state index in [4.69, 9.17) is 4.74 Å². The molecule has 0 heterocycles. The molecule has 0 radical (unpaired) electrons. The zero-order valence-electron chi connectivity index (χ0n) is 11.5. The highest BCUT2D eigenvalue weighted by Crippen LogP contribution is 2.21. The molecular formula is C16H15BrN2O2. The van der Waals surface area contributed by atoms with Gasteiger partial charge in [0.15, 0.2) is 0 Å². The normalized spacial score (nSPS) is 10.6. The molecule has 21 heavy (non-hydrogen) atoms. The van der Waals surface area contributed by atoms with Gasteiger partial charge in [-0.15, -0.1) is 0 Å². The highest BCUT2D eigenvalue weighted by atomic mass is 79.9. The number of carbonyl (C=O) groups is 1. The average molecular weight is 347 g/mol. The van der Waals surface area contributed by atoms with Gasteiger partial charge in [0.1, 0.15) is 5.75 Å². The molecule has 0 aromatic heterocycles. The van der Waals surface area contributed by atoms with E-state index in [1.807, 2.05) is 31.2 Å². The minimum absolute atomic E-state index is 0.250. The zero-order chi connectivity index (χ0) is 15.1. The molecule has 0 unspecified atom stereocenters. The summed E-state index contributed by atoms with van der Waals surface area (Å²) in [6.07, 6.45) is 1.57. The van der Waals surface area contributed by atoms with Crippen molar-refractivity contribution in [3.8, 4) is 5.75 Å². The highest BCUT2D eigenvalue weighted by molar-refractivity contribution is 9.10. The fourth-order valence-electron chi connectivity index (χ4n) is 1.72. The third-order valence-electron chi connectivity index (χ3n) is 2.68. The van der Waals surface area contributed by atoms with Crippen molar-refractivity contribution in [1.29, 1.82) is 0 Å². The van der Waals surface area contributed by atoms with Crippen molar-refractivity contribution in [3.05, 3.63) is 64.1 Å². The van der Waals surface area contributed by atoms with Crippen LogP contribution in [0.3, 0.4) is 0 Å². The number of nitrogens with one attached hydrogen (secondary N) is 1. The lowest BCUT2D eigenvalue weighted by atomic mass is 10.2. The molecule has 0 aliphatic carbocycles. The first-order chi connectivity index (χ1) is 10.2. The average Bonchev–Trinajstić information content (AvgIpc) is 2.51. The SMILES string of the molecule is CCOc1ccc(Br)cc1/C=N\NC(=O)c1ccccc1. The highest BCUT2D eigenvalue weighted by Gasteiger charge is 2.04. The molecule has 0 saturated heterocycles. The minimum atomic E-state index is -0.250. The van der Waals surface area contributed by atoms with Crippen LogP contribution in [0.5, 0.6) is 5.75 Å². The number of hydrogen-bond acceptors (Lipinski definition) is 3. The van der Waals surface area contributed by atoms with Gasteiger partial charge in [-0.2, -0.15) is 5.10 Å². The van der Waals surface area contributed by atoms with E-state index in [2.05, 4.69) is 26.5 Å². The smallest absolute Gasteiger partial charge is 0.271 e. The topological polar surface area (TPSA) is 50.7 Å². The third kappa shape index (κ3) is 4.43. The van der Waals surface area contributed by atoms with Gasteiger partial charge in [0.2, 0.25) is 0 Å². The van der Waals surface area contributed by atoms with Crippen LogP contribution in [0.1, 0.15) is 22.8 Å². The van der Waals surface area contributed by atoms with E-state index in [1.54, 1.807) is 30.5 Å². The van der Waals surface area contributed by atoms with E-state index < -0.39 is 0 Å². The maximum atomic E-state index is 11.8. The summed E-state index contributed by atoms with van der Waals surface area (Å²) in [6, 6.07) is 14.6. The van der Waals surface area contributed by atoms with E-state index in [1.165, 1.54) is 0 Å². The molecule has 0 saturated carbocycles. The first-order valence-electron chi connectivity index (χ1n) is 6.51. The van der Waals surface area contributed by atoms with Gasteiger partial charge < -0.3 is 4.74 Å². The number of carbonyl (C=O) groups excluding carboxylic acids is 1. The second-order valence-corrected chi connectivity index (χ2v) is 5.10. The standard InChI is InChI=1S/C16H15BrN2O2/c1-2-21-15-9-8-14(17)10-13(15)11-18-19-16(20)12-6-4-3-5-7-12/h3-11H,2H2,1H3,(H,19,20)/b18-11-. The molecule has 0 atom stereocenters. The van der Waals surface area contributed by atoms with Gasteiger partial charge in [0, 0.05) is 15.6 Å². The Labute approximate surface area is 132 Å². The predicted molar refractivity (Wildman–Crippen MR) is 86.8 cm³/mol. The van der Waals surface area contributed by atoms with Crippen LogP contribution in [-0.4, -0.2) is 18.7 Å². The number of nitrogens with zero attached hydrogens (tertiary/aromatic N) is 1. The van der Waals surface area contributed by atoms with Gasteiger partial charge in [-0.05, 0) is 37.3 Å². The summed E-state index contributed by atoms with van der Waals surface area (Å²) in [5, 5.41) is 3.98. The Morgan fingerprint density at radius 2 is 2.05 bits per heavy atom. The maximum absolute atomic E-state index is 11.8. The number of ether oxygens (including phenoxy) is 1. The summed E-state index contributed by atoms with van der Waals surface area (Å²) >= 11 is 3.40. The number of rotatable bonds is 5. The van der Waals surface area contributed by atoms with Crippen LogP contribution in [0, 0.1) is 0 Å². The van der Waals surface area contributed by atoms with Crippen LogP contribution in [0.15, 0.2) is 58.1 Å². The Bertz CT molecular complexity index is 642. The molecule has 5 heteroatoms. The van der Waals surface area contributed by atoms with E-state index >= 15 is 0 Å². The van der Waals surface area contributed by atoms with Gasteiger partial charge in [0.05, 0.1) is 12.8 Å². The molecule has 1 amide bonds. The molecule has 0 aliphatic rings. The van der Waals surface area contributed by atoms with E-state index in [9.17, 15) is 4.79 Å². The summed E-state index contributed by atoms with van der Waals surface area (Å²) in [4.78, 5) is 11.8. The third-order valence-corrected chi connectivity index (χ3v) is 3.17. The van der Waals surface area contributed by atoms with Gasteiger partial charge >= 0.3 is 0 Å². The second-order valence-electron chi connectivity index (χ2n) is 4.18. The number of halogens is 1. The lowest BCUT2D eigenvalue weighted by molar-refractivity contribution is 0.0955. The Kier molecular flexibility index (Phi) is 5.51. The van der Waals surface area contributed by atoms with Crippen molar-refractivity contribution in [2.24, 2.45) is 5.10 Å². The maximum Gasteiger partial charge on any atom is 0.271 e. The van der Waals surface area contributed by atoms with Crippen molar-refractivity contribution in [2.75, 3.05) is 6.61 Å². The number of benzene rings is 2. The lowest BCUT2D eigenvalue weighted by Gasteiger charge is -2.07. The quantitative estimate of drug-likeness (QED) is 0.664. The Hall–Kier alpha value is -2.14. The van der Waals surface area contributed by atoms with Crippen molar-refractivity contribution in [1.82, 2.24) is 5.43 Å². The molecule has 4 nitrogen and oxygen atoms in total. The molecular weight excluding hydrogens is 332 g/mol. The summed E-state index contributed by atoms with van der Waals surface area (Å²) in [7, 11) is 0. The molecule has 2 rings (SSSR count). The van der Waals surface area contributed by atoms with Crippen LogP contribution >= 0.6 is 15.9 Å². The van der Waals surface area contributed by atoms with Crippen molar-refractivity contribution in [2.45, 2.75) is 6.92 Å². The minimum Gasteiger partial charge on any atom is -0.493 e. The van der Waals surface area contributed by atoms with Crippen LogP contribution in [0.4, 0.5) is 0 Å². The number of amides is 1. The Morgan fingerprint density at radius 3 is 2.76 bits per heavy atom. The molecule has 0 spiro atoms. The number of hydrazone groups is 1. The van der Waals surface area contributed by atoms with Gasteiger partial charge in [-0.1, -0.05) is 34.1 Å². The summed E-state index contributed by atoms with van der Waals surface area (Å²) < 4.78 is 6.43. The Balaban J connectivity index is 2.07. The molecule has 2 aromatic rings. The molecule has 1 N–H and O–H groups in total. The fourth-order valence-corrected chi connectivity index (χ4v) is 2.10. The second kappa shape index (κ2) is 7.59. The molecule has 108 valence electrons. The first-order valence-corrected chi connectivity index (χ1v) is 7.31. The summed E-state index contributed by atoms with van der Waals surface area (Å²) in [5.74, 6) is 0.471. The summed E-state index contributed by atoms with van der Waals surface area (Å²) in [5.41, 5.74) is 3.85. The predicted octanol–water partition coefficient (Wildman–Crippen LogP) is 3.61. The molecule has 0 aliphatic heterocycles. The van der Waals surface area contributed by atoms with Crippen molar-refractivity contribution in [3.63, 3.8) is 0 Å². The van der Waals surface area contributed by atoms with Crippen molar-refractivity contribution >= 4 is 28.1 Å². The van der Waals surface area contributed by atoms with Gasteiger partial charge in [-0.25, -0.2) is 5.43 Å². The van der Waals surface area contributed by atoms with Gasteiger partial charge in [-0.3, -0.25) is 4.79 Å². The Morgan fingerprint density at radius 1 is 1.29 bits per heavy atom. The van der Waals surface area contributed by atoms with E-state index in [0.717, 1.165) is 15.8 Å². The molecule has 0 fully saturated rings. The van der Waals surface area contributed by atoms with Gasteiger partial charge in [0.25, 0.3) is 5.91 Å². The number of hydrogen-bond donors (Lipinski definition) is 1. The lowest BCUT2D eigenvalue weighted by Crippen LogP contribution is -2.17.